The molecule has 0 bridgehead atoms. The first-order valence-corrected chi connectivity index (χ1v) is 7.81. The van der Waals surface area contributed by atoms with Gasteiger partial charge in [0.05, 0.1) is 6.10 Å². The molecule has 0 saturated heterocycles. The lowest BCUT2D eigenvalue weighted by atomic mass is 9.76. The van der Waals surface area contributed by atoms with E-state index in [9.17, 15) is 14.7 Å². The average molecular weight is 307 g/mol. The van der Waals surface area contributed by atoms with E-state index >= 15 is 0 Å². The van der Waals surface area contributed by atoms with E-state index in [2.05, 4.69) is 15.3 Å². The molecule has 6 nitrogen and oxygen atoms in total. The number of carbonyl (C=O) groups is 1. The van der Waals surface area contributed by atoms with E-state index in [1.807, 2.05) is 27.7 Å². The number of aromatic nitrogens is 2. The Morgan fingerprint density at radius 3 is 2.64 bits per heavy atom. The summed E-state index contributed by atoms with van der Waals surface area (Å²) < 4.78 is 0. The molecule has 0 spiro atoms. The van der Waals surface area contributed by atoms with Gasteiger partial charge in [-0.3, -0.25) is 4.79 Å². The molecule has 1 heterocycles. The van der Waals surface area contributed by atoms with E-state index in [1.165, 1.54) is 0 Å². The third kappa shape index (κ3) is 3.74. The summed E-state index contributed by atoms with van der Waals surface area (Å²) in [5.41, 5.74) is 0.0563. The van der Waals surface area contributed by atoms with Gasteiger partial charge in [0.15, 0.2) is 0 Å². The molecular formula is C16H25N3O3. The van der Waals surface area contributed by atoms with Crippen LogP contribution in [0.15, 0.2) is 10.9 Å². The minimum atomic E-state index is -0.510. The number of aromatic amines is 1. The minimum absolute atomic E-state index is 0.00933. The molecule has 1 aliphatic rings. The molecule has 1 fully saturated rings. The van der Waals surface area contributed by atoms with E-state index < -0.39 is 5.69 Å². The van der Waals surface area contributed by atoms with Gasteiger partial charge in [-0.1, -0.05) is 27.7 Å². The van der Waals surface area contributed by atoms with Gasteiger partial charge in [-0.25, -0.2) is 4.79 Å². The summed E-state index contributed by atoms with van der Waals surface area (Å²) in [6.45, 7) is 7.89. The molecule has 1 aromatic heterocycles. The number of amides is 1. The molecule has 3 N–H and O–H groups in total. The summed E-state index contributed by atoms with van der Waals surface area (Å²) in [5, 5.41) is 12.4. The Hall–Kier alpha value is -1.69. The molecule has 122 valence electrons. The van der Waals surface area contributed by atoms with Crippen molar-refractivity contribution in [1.29, 1.82) is 0 Å². The van der Waals surface area contributed by atoms with Gasteiger partial charge in [-0.15, -0.1) is 0 Å². The lowest BCUT2D eigenvalue weighted by molar-refractivity contribution is 0.0232. The second-order valence-electron chi connectivity index (χ2n) is 7.11. The zero-order valence-corrected chi connectivity index (χ0v) is 13.6. The van der Waals surface area contributed by atoms with E-state index in [1.54, 1.807) is 6.07 Å². The molecular weight excluding hydrogens is 282 g/mol. The minimum Gasteiger partial charge on any atom is -0.393 e. The molecule has 1 aliphatic carbocycles. The van der Waals surface area contributed by atoms with Crippen LogP contribution >= 0.6 is 0 Å². The van der Waals surface area contributed by atoms with Crippen LogP contribution in [0.25, 0.3) is 0 Å². The number of H-pyrrole nitrogens is 1. The summed E-state index contributed by atoms with van der Waals surface area (Å²) in [7, 11) is 0. The van der Waals surface area contributed by atoms with Crippen molar-refractivity contribution in [2.75, 3.05) is 0 Å². The molecule has 1 unspecified atom stereocenters. The number of carbonyl (C=O) groups excluding carboxylic acids is 1. The van der Waals surface area contributed by atoms with E-state index in [-0.39, 0.29) is 29.2 Å². The van der Waals surface area contributed by atoms with Crippen molar-refractivity contribution < 1.29 is 9.90 Å². The fourth-order valence-electron chi connectivity index (χ4n) is 2.73. The standard InChI is InChI=1S/C16H25N3O3/c1-5-11(9-6-10(20)7-9)17-14(21)12-8-13(16(2,3)4)19-15(22)18-12/h8-11,20H,5-7H2,1-4H3,(H,17,21)(H,18,19,22). The highest BCUT2D eigenvalue weighted by Crippen LogP contribution is 2.31. The fourth-order valence-corrected chi connectivity index (χ4v) is 2.73. The van der Waals surface area contributed by atoms with Crippen molar-refractivity contribution in [3.63, 3.8) is 0 Å². The number of aliphatic hydroxyl groups is 1. The number of rotatable bonds is 4. The SMILES string of the molecule is CCC(NC(=O)c1cc(C(C)(C)C)[nH]c(=O)n1)C1CC(O)C1. The third-order valence-electron chi connectivity index (χ3n) is 4.26. The summed E-state index contributed by atoms with van der Waals surface area (Å²) in [5.74, 6) is -0.0297. The Morgan fingerprint density at radius 2 is 2.14 bits per heavy atom. The lowest BCUT2D eigenvalue weighted by Gasteiger charge is -2.37. The maximum atomic E-state index is 12.4. The number of nitrogens with one attached hydrogen (secondary N) is 2. The molecule has 0 radical (unpaired) electrons. The Bertz CT molecular complexity index is 597. The summed E-state index contributed by atoms with van der Waals surface area (Å²) >= 11 is 0. The van der Waals surface area contributed by atoms with Gasteiger partial charge < -0.3 is 15.4 Å². The van der Waals surface area contributed by atoms with E-state index in [0.29, 0.717) is 11.6 Å². The predicted octanol–water partition coefficient (Wildman–Crippen LogP) is 1.35. The number of nitrogens with zero attached hydrogens (tertiary/aromatic N) is 1. The van der Waals surface area contributed by atoms with E-state index in [4.69, 9.17) is 0 Å². The first-order valence-electron chi connectivity index (χ1n) is 7.81. The zero-order valence-electron chi connectivity index (χ0n) is 13.6. The first-order chi connectivity index (χ1) is 10.2. The van der Waals surface area contributed by atoms with Crippen molar-refractivity contribution in [1.82, 2.24) is 15.3 Å². The van der Waals surface area contributed by atoms with Crippen LogP contribution in [0.2, 0.25) is 0 Å². The van der Waals surface area contributed by atoms with Crippen molar-refractivity contribution in [2.24, 2.45) is 5.92 Å². The average Bonchev–Trinajstić information content (AvgIpc) is 2.39. The van der Waals surface area contributed by atoms with Crippen LogP contribution in [0.3, 0.4) is 0 Å². The first kappa shape index (κ1) is 16.7. The zero-order chi connectivity index (χ0) is 16.5. The van der Waals surface area contributed by atoms with Crippen LogP contribution in [-0.2, 0) is 5.41 Å². The second-order valence-corrected chi connectivity index (χ2v) is 7.11. The van der Waals surface area contributed by atoms with Gasteiger partial charge >= 0.3 is 5.69 Å². The lowest BCUT2D eigenvalue weighted by Crippen LogP contribution is -2.47. The molecule has 0 aliphatic heterocycles. The molecule has 1 amide bonds. The van der Waals surface area contributed by atoms with Crippen molar-refractivity contribution in [2.45, 2.75) is 64.5 Å². The predicted molar refractivity (Wildman–Crippen MR) is 83.8 cm³/mol. The maximum Gasteiger partial charge on any atom is 0.345 e. The number of hydrogen-bond acceptors (Lipinski definition) is 4. The third-order valence-corrected chi connectivity index (χ3v) is 4.26. The Balaban J connectivity index is 2.15. The van der Waals surface area contributed by atoms with Gasteiger partial charge in [0.25, 0.3) is 5.91 Å². The van der Waals surface area contributed by atoms with Gasteiger partial charge in [0, 0.05) is 17.2 Å². The number of aliphatic hydroxyl groups excluding tert-OH is 1. The highest BCUT2D eigenvalue weighted by Gasteiger charge is 2.34. The van der Waals surface area contributed by atoms with Crippen molar-refractivity contribution in [3.05, 3.63) is 27.9 Å². The van der Waals surface area contributed by atoms with Gasteiger partial charge in [0.1, 0.15) is 5.69 Å². The van der Waals surface area contributed by atoms with Crippen LogP contribution in [0, 0.1) is 5.92 Å². The highest BCUT2D eigenvalue weighted by molar-refractivity contribution is 5.92. The van der Waals surface area contributed by atoms with Gasteiger partial charge in [0.2, 0.25) is 0 Å². The molecule has 2 rings (SSSR count). The summed E-state index contributed by atoms with van der Waals surface area (Å²) in [6, 6.07) is 1.65. The fraction of sp³-hybridized carbons (Fsp3) is 0.688. The maximum absolute atomic E-state index is 12.4. The van der Waals surface area contributed by atoms with Crippen LogP contribution in [0.5, 0.6) is 0 Å². The summed E-state index contributed by atoms with van der Waals surface area (Å²) in [6.07, 6.45) is 1.98. The van der Waals surface area contributed by atoms with Crippen LogP contribution in [-0.4, -0.2) is 33.1 Å². The van der Waals surface area contributed by atoms with Crippen LogP contribution in [0.1, 0.15) is 63.1 Å². The van der Waals surface area contributed by atoms with Crippen LogP contribution < -0.4 is 11.0 Å². The van der Waals surface area contributed by atoms with Crippen molar-refractivity contribution in [3.8, 4) is 0 Å². The largest absolute Gasteiger partial charge is 0.393 e. The van der Waals surface area contributed by atoms with Crippen LogP contribution in [0.4, 0.5) is 0 Å². The highest BCUT2D eigenvalue weighted by atomic mass is 16.3. The monoisotopic (exact) mass is 307 g/mol. The molecule has 1 saturated carbocycles. The Labute approximate surface area is 130 Å². The smallest absolute Gasteiger partial charge is 0.345 e. The summed E-state index contributed by atoms with van der Waals surface area (Å²) in [4.78, 5) is 30.5. The molecule has 0 aromatic carbocycles. The Morgan fingerprint density at radius 1 is 1.50 bits per heavy atom. The quantitative estimate of drug-likeness (QED) is 0.782. The van der Waals surface area contributed by atoms with E-state index in [0.717, 1.165) is 19.3 Å². The Kier molecular flexibility index (Phi) is 4.70. The van der Waals surface area contributed by atoms with Crippen molar-refractivity contribution >= 4 is 5.91 Å². The topological polar surface area (TPSA) is 95.1 Å². The molecule has 22 heavy (non-hydrogen) atoms. The molecule has 1 atom stereocenters. The second kappa shape index (κ2) is 6.20. The van der Waals surface area contributed by atoms with Gasteiger partial charge in [-0.2, -0.15) is 4.98 Å². The number of hydrogen-bond donors (Lipinski definition) is 3. The molecule has 1 aromatic rings. The van der Waals surface area contributed by atoms with Gasteiger partial charge in [-0.05, 0) is 31.2 Å². The normalized spacial score (nSPS) is 22.8. The molecule has 6 heteroatoms.